The number of amides is 2. The van der Waals surface area contributed by atoms with E-state index in [2.05, 4.69) is 15.6 Å². The molecule has 2 N–H and O–H groups in total. The van der Waals surface area contributed by atoms with Crippen LogP contribution >= 0.6 is 22.7 Å². The van der Waals surface area contributed by atoms with E-state index in [9.17, 15) is 9.59 Å². The van der Waals surface area contributed by atoms with Gasteiger partial charge < -0.3 is 10.6 Å². The second-order valence-corrected chi connectivity index (χ2v) is 6.84. The first-order chi connectivity index (χ1) is 10.0. The zero-order valence-corrected chi connectivity index (χ0v) is 13.5. The van der Waals surface area contributed by atoms with Crippen LogP contribution in [0.1, 0.15) is 35.6 Å². The van der Waals surface area contributed by atoms with Crippen LogP contribution in [0.2, 0.25) is 0 Å². The molecule has 0 aliphatic carbocycles. The molecule has 0 atom stereocenters. The summed E-state index contributed by atoms with van der Waals surface area (Å²) < 4.78 is 0. The van der Waals surface area contributed by atoms with Gasteiger partial charge in [0.1, 0.15) is 5.69 Å². The average Bonchev–Trinajstić information content (AvgIpc) is 3.05. The molecule has 0 fully saturated rings. The van der Waals surface area contributed by atoms with Crippen molar-refractivity contribution in [2.24, 2.45) is 5.92 Å². The molecule has 2 aromatic rings. The van der Waals surface area contributed by atoms with Crippen molar-refractivity contribution in [3.8, 4) is 0 Å². The first-order valence-electron chi connectivity index (χ1n) is 6.60. The number of thiophene rings is 1. The zero-order valence-electron chi connectivity index (χ0n) is 11.9. The Morgan fingerprint density at radius 2 is 2.14 bits per heavy atom. The molecule has 2 rings (SSSR count). The van der Waals surface area contributed by atoms with Crippen molar-refractivity contribution in [1.29, 1.82) is 0 Å². The molecule has 0 unspecified atom stereocenters. The molecule has 5 nitrogen and oxygen atoms in total. The SMILES string of the molecule is CC(C)CC(=O)Nc1nc(C(=O)NCc2cccs2)cs1. The second kappa shape index (κ2) is 7.33. The summed E-state index contributed by atoms with van der Waals surface area (Å²) in [5.41, 5.74) is 0.330. The number of carbonyl (C=O) groups is 2. The maximum atomic E-state index is 11.9. The molecule has 7 heteroatoms. The minimum Gasteiger partial charge on any atom is -0.346 e. The van der Waals surface area contributed by atoms with E-state index in [4.69, 9.17) is 0 Å². The lowest BCUT2D eigenvalue weighted by Gasteiger charge is -2.03. The number of rotatable bonds is 6. The van der Waals surface area contributed by atoms with Crippen LogP contribution in [0, 0.1) is 5.92 Å². The fourth-order valence-electron chi connectivity index (χ4n) is 1.65. The van der Waals surface area contributed by atoms with Gasteiger partial charge in [-0.05, 0) is 17.4 Å². The first kappa shape index (κ1) is 15.7. The lowest BCUT2D eigenvalue weighted by Crippen LogP contribution is -2.22. The van der Waals surface area contributed by atoms with E-state index in [0.29, 0.717) is 29.7 Å². The number of carbonyl (C=O) groups excluding carboxylic acids is 2. The number of hydrogen-bond donors (Lipinski definition) is 2. The highest BCUT2D eigenvalue weighted by molar-refractivity contribution is 7.14. The van der Waals surface area contributed by atoms with Crippen LogP contribution in [0.4, 0.5) is 5.13 Å². The van der Waals surface area contributed by atoms with E-state index < -0.39 is 0 Å². The Balaban J connectivity index is 1.87. The standard InChI is InChI=1S/C14H17N3O2S2/c1-9(2)6-12(18)17-14-16-11(8-21-14)13(19)15-7-10-4-3-5-20-10/h3-5,8-9H,6-7H2,1-2H3,(H,15,19)(H,16,17,18). The van der Waals surface area contributed by atoms with Crippen molar-refractivity contribution < 1.29 is 9.59 Å². The van der Waals surface area contributed by atoms with Gasteiger partial charge in [0.25, 0.3) is 5.91 Å². The predicted octanol–water partition coefficient (Wildman–Crippen LogP) is 3.12. The molecule has 0 spiro atoms. The van der Waals surface area contributed by atoms with Crippen LogP contribution < -0.4 is 10.6 Å². The monoisotopic (exact) mass is 323 g/mol. The van der Waals surface area contributed by atoms with Gasteiger partial charge in [0.2, 0.25) is 5.91 Å². The highest BCUT2D eigenvalue weighted by atomic mass is 32.1. The Bertz CT molecular complexity index is 606. The molecule has 0 aliphatic heterocycles. The van der Waals surface area contributed by atoms with Crippen molar-refractivity contribution in [1.82, 2.24) is 10.3 Å². The molecule has 21 heavy (non-hydrogen) atoms. The van der Waals surface area contributed by atoms with Gasteiger partial charge in [-0.15, -0.1) is 22.7 Å². The highest BCUT2D eigenvalue weighted by Gasteiger charge is 2.13. The second-order valence-electron chi connectivity index (χ2n) is 4.95. The molecule has 2 amide bonds. The molecular weight excluding hydrogens is 306 g/mol. The Hall–Kier alpha value is -1.73. The van der Waals surface area contributed by atoms with E-state index in [0.717, 1.165) is 4.88 Å². The van der Waals surface area contributed by atoms with Gasteiger partial charge in [0, 0.05) is 16.7 Å². The Labute approximate surface area is 131 Å². The smallest absolute Gasteiger partial charge is 0.271 e. The van der Waals surface area contributed by atoms with Crippen LogP contribution in [0.15, 0.2) is 22.9 Å². The van der Waals surface area contributed by atoms with Crippen LogP contribution in [0.5, 0.6) is 0 Å². The van der Waals surface area contributed by atoms with Crippen molar-refractivity contribution in [2.45, 2.75) is 26.8 Å². The van der Waals surface area contributed by atoms with Gasteiger partial charge in [0.05, 0.1) is 6.54 Å². The normalized spacial score (nSPS) is 10.6. The van der Waals surface area contributed by atoms with Crippen molar-refractivity contribution >= 4 is 39.6 Å². The van der Waals surface area contributed by atoms with Gasteiger partial charge in [0.15, 0.2) is 5.13 Å². The molecule has 0 saturated carbocycles. The van der Waals surface area contributed by atoms with Crippen molar-refractivity contribution in [3.05, 3.63) is 33.5 Å². The number of hydrogen-bond acceptors (Lipinski definition) is 5. The zero-order chi connectivity index (χ0) is 15.2. The molecule has 2 aromatic heterocycles. The van der Waals surface area contributed by atoms with Gasteiger partial charge in [-0.2, -0.15) is 0 Å². The maximum Gasteiger partial charge on any atom is 0.271 e. The number of thiazole rings is 1. The number of aromatic nitrogens is 1. The van der Waals surface area contributed by atoms with Crippen LogP contribution in [-0.2, 0) is 11.3 Å². The van der Waals surface area contributed by atoms with E-state index in [1.807, 2.05) is 31.4 Å². The largest absolute Gasteiger partial charge is 0.346 e. The van der Waals surface area contributed by atoms with E-state index >= 15 is 0 Å². The summed E-state index contributed by atoms with van der Waals surface area (Å²) in [6, 6.07) is 3.90. The lowest BCUT2D eigenvalue weighted by atomic mass is 10.1. The topological polar surface area (TPSA) is 71.1 Å². The summed E-state index contributed by atoms with van der Waals surface area (Å²) >= 11 is 2.85. The molecule has 0 aliphatic rings. The molecule has 0 radical (unpaired) electrons. The number of nitrogens with zero attached hydrogens (tertiary/aromatic N) is 1. The number of nitrogens with one attached hydrogen (secondary N) is 2. The first-order valence-corrected chi connectivity index (χ1v) is 8.36. The third kappa shape index (κ3) is 4.95. The molecule has 0 bridgehead atoms. The summed E-state index contributed by atoms with van der Waals surface area (Å²) in [6.45, 7) is 4.44. The van der Waals surface area contributed by atoms with Gasteiger partial charge in [-0.1, -0.05) is 19.9 Å². The summed E-state index contributed by atoms with van der Waals surface area (Å²) in [4.78, 5) is 28.8. The molecular formula is C14H17N3O2S2. The number of anilines is 1. The summed E-state index contributed by atoms with van der Waals surface area (Å²) in [7, 11) is 0. The minimum absolute atomic E-state index is 0.0788. The van der Waals surface area contributed by atoms with Crippen molar-refractivity contribution in [3.63, 3.8) is 0 Å². The molecule has 112 valence electrons. The van der Waals surface area contributed by atoms with Gasteiger partial charge >= 0.3 is 0 Å². The summed E-state index contributed by atoms with van der Waals surface area (Å²) in [5, 5.41) is 9.58. The van der Waals surface area contributed by atoms with Gasteiger partial charge in [-0.25, -0.2) is 4.98 Å². The quantitative estimate of drug-likeness (QED) is 0.858. The fourth-order valence-corrected chi connectivity index (χ4v) is 3.00. The third-order valence-electron chi connectivity index (χ3n) is 2.58. The van der Waals surface area contributed by atoms with Crippen molar-refractivity contribution in [2.75, 3.05) is 5.32 Å². The van der Waals surface area contributed by atoms with E-state index in [1.54, 1.807) is 16.7 Å². The van der Waals surface area contributed by atoms with E-state index in [1.165, 1.54) is 11.3 Å². The highest BCUT2D eigenvalue weighted by Crippen LogP contribution is 2.16. The van der Waals surface area contributed by atoms with Gasteiger partial charge in [-0.3, -0.25) is 9.59 Å². The van der Waals surface area contributed by atoms with Crippen LogP contribution in [0.25, 0.3) is 0 Å². The average molecular weight is 323 g/mol. The third-order valence-corrected chi connectivity index (χ3v) is 4.21. The molecule has 0 aromatic carbocycles. The summed E-state index contributed by atoms with van der Waals surface area (Å²) in [6.07, 6.45) is 0.444. The van der Waals surface area contributed by atoms with Crippen LogP contribution in [-0.4, -0.2) is 16.8 Å². The molecule has 0 saturated heterocycles. The molecule has 2 heterocycles. The Kier molecular flexibility index (Phi) is 5.46. The minimum atomic E-state index is -0.232. The predicted molar refractivity (Wildman–Crippen MR) is 85.7 cm³/mol. The van der Waals surface area contributed by atoms with Crippen LogP contribution in [0.3, 0.4) is 0 Å². The summed E-state index contributed by atoms with van der Waals surface area (Å²) in [5.74, 6) is -0.0209. The lowest BCUT2D eigenvalue weighted by molar-refractivity contribution is -0.116. The fraction of sp³-hybridized carbons (Fsp3) is 0.357. The van der Waals surface area contributed by atoms with E-state index in [-0.39, 0.29) is 11.8 Å². The Morgan fingerprint density at radius 3 is 2.81 bits per heavy atom. The maximum absolute atomic E-state index is 11.9. The Morgan fingerprint density at radius 1 is 1.33 bits per heavy atom.